The predicted molar refractivity (Wildman–Crippen MR) is 99.6 cm³/mol. The molecule has 0 saturated heterocycles. The van der Waals surface area contributed by atoms with Gasteiger partial charge in [0.05, 0.1) is 33.8 Å². The van der Waals surface area contributed by atoms with Gasteiger partial charge in [-0.3, -0.25) is 4.79 Å². The number of nitrogens with zero attached hydrogens (tertiary/aromatic N) is 4. The summed E-state index contributed by atoms with van der Waals surface area (Å²) in [6, 6.07) is 5.00. The summed E-state index contributed by atoms with van der Waals surface area (Å²) < 4.78 is 17.5. The number of carbonyl (C=O) groups excluding carboxylic acids is 1. The molecule has 1 amide bonds. The van der Waals surface area contributed by atoms with Crippen LogP contribution < -0.4 is 19.5 Å². The SMILES string of the molecule is COc1cc(NC(=O)CC(c2ccsc2)n2cnnn2)cc(OC)c1OC. The van der Waals surface area contributed by atoms with Gasteiger partial charge in [0.2, 0.25) is 11.7 Å². The molecular weight excluding hydrogens is 370 g/mol. The fourth-order valence-corrected chi connectivity index (χ4v) is 3.39. The van der Waals surface area contributed by atoms with Crippen molar-refractivity contribution >= 4 is 22.9 Å². The lowest BCUT2D eigenvalue weighted by atomic mass is 10.1. The first kappa shape index (κ1) is 18.6. The molecule has 0 bridgehead atoms. The predicted octanol–water partition coefficient (Wildman–Crippen LogP) is 2.38. The third kappa shape index (κ3) is 4.17. The Labute approximate surface area is 159 Å². The highest BCUT2D eigenvalue weighted by Gasteiger charge is 2.21. The number of rotatable bonds is 8. The number of hydrogen-bond donors (Lipinski definition) is 1. The average molecular weight is 389 g/mol. The fraction of sp³-hybridized carbons (Fsp3) is 0.294. The van der Waals surface area contributed by atoms with E-state index < -0.39 is 0 Å². The number of nitrogens with one attached hydrogen (secondary N) is 1. The van der Waals surface area contributed by atoms with Crippen LogP contribution in [0.15, 0.2) is 35.3 Å². The molecule has 0 aliphatic rings. The van der Waals surface area contributed by atoms with Crippen molar-refractivity contribution in [3.8, 4) is 17.2 Å². The van der Waals surface area contributed by atoms with Crippen LogP contribution in [0.4, 0.5) is 5.69 Å². The monoisotopic (exact) mass is 389 g/mol. The van der Waals surface area contributed by atoms with E-state index in [0.717, 1.165) is 5.56 Å². The van der Waals surface area contributed by atoms with Gasteiger partial charge in [-0.2, -0.15) is 11.3 Å². The Bertz CT molecular complexity index is 824. The van der Waals surface area contributed by atoms with E-state index in [1.807, 2.05) is 16.8 Å². The largest absolute Gasteiger partial charge is 0.493 e. The van der Waals surface area contributed by atoms with Crippen molar-refractivity contribution in [1.82, 2.24) is 20.2 Å². The van der Waals surface area contributed by atoms with Crippen molar-refractivity contribution in [3.63, 3.8) is 0 Å². The zero-order valence-corrected chi connectivity index (χ0v) is 15.9. The summed E-state index contributed by atoms with van der Waals surface area (Å²) in [6.45, 7) is 0. The molecule has 27 heavy (non-hydrogen) atoms. The van der Waals surface area contributed by atoms with Crippen LogP contribution in [0.5, 0.6) is 17.2 Å². The molecule has 0 aliphatic carbocycles. The summed E-state index contributed by atoms with van der Waals surface area (Å²) in [4.78, 5) is 12.7. The van der Waals surface area contributed by atoms with E-state index in [1.165, 1.54) is 27.7 Å². The van der Waals surface area contributed by atoms with E-state index in [9.17, 15) is 4.79 Å². The quantitative estimate of drug-likeness (QED) is 0.631. The lowest BCUT2D eigenvalue weighted by Crippen LogP contribution is -2.20. The number of anilines is 1. The van der Waals surface area contributed by atoms with Crippen LogP contribution in [-0.2, 0) is 4.79 Å². The number of hydrogen-bond acceptors (Lipinski definition) is 8. The molecule has 0 aliphatic heterocycles. The first-order valence-electron chi connectivity index (χ1n) is 8.00. The van der Waals surface area contributed by atoms with E-state index in [1.54, 1.807) is 28.2 Å². The molecule has 0 radical (unpaired) electrons. The van der Waals surface area contributed by atoms with Gasteiger partial charge in [-0.15, -0.1) is 5.10 Å². The fourth-order valence-electron chi connectivity index (χ4n) is 2.68. The molecule has 2 heterocycles. The number of benzene rings is 1. The van der Waals surface area contributed by atoms with Crippen LogP contribution in [0.3, 0.4) is 0 Å². The van der Waals surface area contributed by atoms with E-state index in [-0.39, 0.29) is 18.4 Å². The summed E-state index contributed by atoms with van der Waals surface area (Å²) >= 11 is 1.55. The summed E-state index contributed by atoms with van der Waals surface area (Å²) in [6.07, 6.45) is 1.66. The van der Waals surface area contributed by atoms with Gasteiger partial charge in [-0.1, -0.05) is 0 Å². The molecule has 0 spiro atoms. The molecule has 0 fully saturated rings. The highest BCUT2D eigenvalue weighted by atomic mass is 32.1. The molecule has 9 nitrogen and oxygen atoms in total. The number of ether oxygens (including phenoxy) is 3. The zero-order chi connectivity index (χ0) is 19.2. The van der Waals surface area contributed by atoms with Crippen LogP contribution in [0.1, 0.15) is 18.0 Å². The van der Waals surface area contributed by atoms with Crippen molar-refractivity contribution in [3.05, 3.63) is 40.8 Å². The van der Waals surface area contributed by atoms with Gasteiger partial charge in [-0.05, 0) is 32.8 Å². The second-order valence-electron chi connectivity index (χ2n) is 5.53. The third-order valence-corrected chi connectivity index (χ3v) is 4.64. The molecule has 142 valence electrons. The topological polar surface area (TPSA) is 100 Å². The van der Waals surface area contributed by atoms with E-state index >= 15 is 0 Å². The van der Waals surface area contributed by atoms with Crippen molar-refractivity contribution in [2.45, 2.75) is 12.5 Å². The van der Waals surface area contributed by atoms with Gasteiger partial charge in [-0.25, -0.2) is 4.68 Å². The molecule has 1 atom stereocenters. The van der Waals surface area contributed by atoms with Crippen LogP contribution in [0, 0.1) is 0 Å². The van der Waals surface area contributed by atoms with Crippen molar-refractivity contribution < 1.29 is 19.0 Å². The van der Waals surface area contributed by atoms with Crippen LogP contribution in [0.2, 0.25) is 0 Å². The maximum atomic E-state index is 12.7. The second-order valence-corrected chi connectivity index (χ2v) is 6.31. The minimum atomic E-state index is -0.298. The number of thiophene rings is 1. The first-order chi connectivity index (χ1) is 13.2. The van der Waals surface area contributed by atoms with Crippen LogP contribution in [-0.4, -0.2) is 47.4 Å². The van der Waals surface area contributed by atoms with Gasteiger partial charge in [0.25, 0.3) is 0 Å². The summed E-state index contributed by atoms with van der Waals surface area (Å²) in [7, 11) is 4.57. The number of methoxy groups -OCH3 is 3. The van der Waals surface area contributed by atoms with Gasteiger partial charge in [0.1, 0.15) is 6.33 Å². The van der Waals surface area contributed by atoms with Crippen LogP contribution >= 0.6 is 11.3 Å². The first-order valence-corrected chi connectivity index (χ1v) is 8.95. The van der Waals surface area contributed by atoms with Gasteiger partial charge in [0.15, 0.2) is 11.5 Å². The molecule has 1 N–H and O–H groups in total. The Hall–Kier alpha value is -3.14. The van der Waals surface area contributed by atoms with E-state index in [0.29, 0.717) is 22.9 Å². The third-order valence-electron chi connectivity index (χ3n) is 3.94. The number of aromatic nitrogens is 4. The molecule has 3 rings (SSSR count). The average Bonchev–Trinajstić information content (AvgIpc) is 3.39. The molecule has 1 aromatic carbocycles. The van der Waals surface area contributed by atoms with Gasteiger partial charge < -0.3 is 19.5 Å². The summed E-state index contributed by atoms with van der Waals surface area (Å²) in [5.74, 6) is 1.18. The van der Waals surface area contributed by atoms with Crippen molar-refractivity contribution in [2.24, 2.45) is 0 Å². The zero-order valence-electron chi connectivity index (χ0n) is 15.1. The molecule has 10 heteroatoms. The van der Waals surface area contributed by atoms with E-state index in [4.69, 9.17) is 14.2 Å². The maximum absolute atomic E-state index is 12.7. The normalized spacial score (nSPS) is 11.7. The highest BCUT2D eigenvalue weighted by Crippen LogP contribution is 2.40. The Balaban J connectivity index is 1.80. The summed E-state index contributed by atoms with van der Waals surface area (Å²) in [5, 5.41) is 18.0. The van der Waals surface area contributed by atoms with Gasteiger partial charge >= 0.3 is 0 Å². The lowest BCUT2D eigenvalue weighted by molar-refractivity contribution is -0.116. The molecular formula is C17H19N5O4S. The Morgan fingerprint density at radius 1 is 1.22 bits per heavy atom. The minimum Gasteiger partial charge on any atom is -0.493 e. The van der Waals surface area contributed by atoms with Gasteiger partial charge in [0, 0.05) is 17.8 Å². The number of amides is 1. The molecule has 3 aromatic rings. The molecule has 2 aromatic heterocycles. The molecule has 1 unspecified atom stereocenters. The summed E-state index contributed by atoms with van der Waals surface area (Å²) in [5.41, 5.74) is 1.50. The van der Waals surface area contributed by atoms with E-state index in [2.05, 4.69) is 20.8 Å². The van der Waals surface area contributed by atoms with Crippen molar-refractivity contribution in [2.75, 3.05) is 26.6 Å². The molecule has 0 saturated carbocycles. The Morgan fingerprint density at radius 3 is 2.48 bits per heavy atom. The smallest absolute Gasteiger partial charge is 0.226 e. The Morgan fingerprint density at radius 2 is 1.96 bits per heavy atom. The highest BCUT2D eigenvalue weighted by molar-refractivity contribution is 7.08. The number of carbonyl (C=O) groups is 1. The van der Waals surface area contributed by atoms with Crippen molar-refractivity contribution in [1.29, 1.82) is 0 Å². The van der Waals surface area contributed by atoms with Crippen LogP contribution in [0.25, 0.3) is 0 Å². The minimum absolute atomic E-state index is 0.165. The maximum Gasteiger partial charge on any atom is 0.226 e. The standard InChI is InChI=1S/C17H19N5O4S/c1-24-14-6-12(7-15(25-2)17(14)26-3)19-16(23)8-13(11-4-5-27-9-11)22-10-18-20-21-22/h4-7,9-10,13H,8H2,1-3H3,(H,19,23). The number of tetrazole rings is 1. The Kier molecular flexibility index (Phi) is 5.87. The second kappa shape index (κ2) is 8.49. The lowest BCUT2D eigenvalue weighted by Gasteiger charge is -2.17.